The van der Waals surface area contributed by atoms with Crippen LogP contribution in [-0.4, -0.2) is 39.2 Å². The number of likely N-dealkylation sites (tertiary alicyclic amines) is 1. The van der Waals surface area contributed by atoms with Crippen molar-refractivity contribution in [2.75, 3.05) is 18.8 Å². The number of aromatic nitrogens is 2. The molecule has 1 aliphatic rings. The summed E-state index contributed by atoms with van der Waals surface area (Å²) in [6, 6.07) is 0. The van der Waals surface area contributed by atoms with Crippen LogP contribution < -0.4 is 5.56 Å². The van der Waals surface area contributed by atoms with Crippen LogP contribution in [0, 0.1) is 25.7 Å². The van der Waals surface area contributed by atoms with Crippen molar-refractivity contribution in [3.8, 4) is 0 Å². The first kappa shape index (κ1) is 19.4. The summed E-state index contributed by atoms with van der Waals surface area (Å²) in [6.45, 7) is 12.6. The van der Waals surface area contributed by atoms with E-state index in [-0.39, 0.29) is 11.5 Å². The Kier molecular flexibility index (Phi) is 5.77. The van der Waals surface area contributed by atoms with Crippen LogP contribution in [0.2, 0.25) is 0 Å². The minimum atomic E-state index is 0.00881. The molecule has 2 aromatic rings. The number of aryl methyl sites for hydroxylation is 2. The second-order valence-corrected chi connectivity index (χ2v) is 9.59. The maximum absolute atomic E-state index is 12.9. The quantitative estimate of drug-likeness (QED) is 0.587. The summed E-state index contributed by atoms with van der Waals surface area (Å²) in [5.41, 5.74) is 1.03. The normalized spacial score (nSPS) is 20.7. The van der Waals surface area contributed by atoms with E-state index in [4.69, 9.17) is 4.98 Å². The van der Waals surface area contributed by atoms with Gasteiger partial charge in [-0.25, -0.2) is 4.98 Å². The van der Waals surface area contributed by atoms with Gasteiger partial charge < -0.3 is 4.90 Å². The largest absolute Gasteiger partial charge is 0.341 e. The Balaban J connectivity index is 1.82. The summed E-state index contributed by atoms with van der Waals surface area (Å²) in [4.78, 5) is 34.1. The molecule has 3 rings (SSSR count). The molecule has 0 radical (unpaired) electrons. The van der Waals surface area contributed by atoms with E-state index in [9.17, 15) is 9.59 Å². The summed E-state index contributed by atoms with van der Waals surface area (Å²) in [7, 11) is 0. The molecule has 7 heteroatoms. The molecule has 0 bridgehead atoms. The van der Waals surface area contributed by atoms with E-state index in [1.165, 1.54) is 18.2 Å². The highest BCUT2D eigenvalue weighted by molar-refractivity contribution is 7.99. The fraction of sp³-hybridized carbons (Fsp3) is 0.632. The molecule has 1 fully saturated rings. The molecule has 5 nitrogen and oxygen atoms in total. The molecule has 142 valence electrons. The van der Waals surface area contributed by atoms with Crippen LogP contribution in [0.1, 0.15) is 37.6 Å². The summed E-state index contributed by atoms with van der Waals surface area (Å²) in [6.07, 6.45) is 1.18. The number of thiophene rings is 1. The predicted octanol–water partition coefficient (Wildman–Crippen LogP) is 3.69. The minimum absolute atomic E-state index is 0.00881. The maximum atomic E-state index is 12.9. The van der Waals surface area contributed by atoms with Crippen LogP contribution in [0.3, 0.4) is 0 Å². The third-order valence-corrected chi connectivity index (χ3v) is 7.18. The number of rotatable bonds is 4. The molecular formula is C19H27N3O2S2. The number of nitrogens with zero attached hydrogens (tertiary/aromatic N) is 3. The van der Waals surface area contributed by atoms with Gasteiger partial charge in [0.2, 0.25) is 5.91 Å². The number of hydrogen-bond donors (Lipinski definition) is 0. The molecule has 0 spiro atoms. The smallest absolute Gasteiger partial charge is 0.263 e. The summed E-state index contributed by atoms with van der Waals surface area (Å²) in [5.74, 6) is 1.57. The van der Waals surface area contributed by atoms with Crippen molar-refractivity contribution in [1.29, 1.82) is 0 Å². The van der Waals surface area contributed by atoms with Gasteiger partial charge in [0.1, 0.15) is 4.83 Å². The average molecular weight is 394 g/mol. The number of piperidine rings is 1. The van der Waals surface area contributed by atoms with Gasteiger partial charge in [-0.3, -0.25) is 14.2 Å². The molecule has 0 aliphatic carbocycles. The summed E-state index contributed by atoms with van der Waals surface area (Å²) in [5, 5.41) is 1.38. The van der Waals surface area contributed by atoms with Crippen LogP contribution in [0.15, 0.2) is 9.95 Å². The number of thioether (sulfide) groups is 1. The molecular weight excluding hydrogens is 366 g/mol. The molecule has 1 aliphatic heterocycles. The molecule has 2 aromatic heterocycles. The SMILES string of the molecule is CCn1c(SCC(=O)N2C[C@H](C)C[C@H](C)C2)nc2sc(C)c(C)c2c1=O. The van der Waals surface area contributed by atoms with Gasteiger partial charge in [-0.1, -0.05) is 25.6 Å². The van der Waals surface area contributed by atoms with Crippen molar-refractivity contribution in [1.82, 2.24) is 14.5 Å². The first-order valence-electron chi connectivity index (χ1n) is 9.22. The van der Waals surface area contributed by atoms with Crippen LogP contribution >= 0.6 is 23.1 Å². The first-order chi connectivity index (χ1) is 12.3. The van der Waals surface area contributed by atoms with Gasteiger partial charge in [-0.2, -0.15) is 0 Å². The second-order valence-electron chi connectivity index (χ2n) is 7.44. The zero-order valence-electron chi connectivity index (χ0n) is 16.2. The number of carbonyl (C=O) groups is 1. The van der Waals surface area contributed by atoms with Crippen molar-refractivity contribution in [3.63, 3.8) is 0 Å². The van der Waals surface area contributed by atoms with Gasteiger partial charge in [0, 0.05) is 24.5 Å². The van der Waals surface area contributed by atoms with Crippen molar-refractivity contribution in [3.05, 3.63) is 20.8 Å². The van der Waals surface area contributed by atoms with Gasteiger partial charge in [-0.05, 0) is 44.6 Å². The van der Waals surface area contributed by atoms with Crippen molar-refractivity contribution < 1.29 is 4.79 Å². The first-order valence-corrected chi connectivity index (χ1v) is 11.0. The third-order valence-electron chi connectivity index (χ3n) is 5.12. The van der Waals surface area contributed by atoms with E-state index >= 15 is 0 Å². The molecule has 0 unspecified atom stereocenters. The van der Waals surface area contributed by atoms with E-state index in [0.717, 1.165) is 33.7 Å². The highest BCUT2D eigenvalue weighted by Crippen LogP contribution is 2.29. The minimum Gasteiger partial charge on any atom is -0.341 e. The van der Waals surface area contributed by atoms with E-state index in [1.54, 1.807) is 15.9 Å². The molecule has 3 heterocycles. The van der Waals surface area contributed by atoms with Crippen molar-refractivity contribution in [2.24, 2.45) is 11.8 Å². The summed E-state index contributed by atoms with van der Waals surface area (Å²) < 4.78 is 1.70. The molecule has 26 heavy (non-hydrogen) atoms. The lowest BCUT2D eigenvalue weighted by molar-refractivity contribution is -0.130. The molecule has 0 N–H and O–H groups in total. The van der Waals surface area contributed by atoms with Crippen LogP contribution in [-0.2, 0) is 11.3 Å². The van der Waals surface area contributed by atoms with Crippen LogP contribution in [0.5, 0.6) is 0 Å². The Morgan fingerprint density at radius 3 is 2.54 bits per heavy atom. The third kappa shape index (κ3) is 3.69. The standard InChI is InChI=1S/C19H27N3O2S2/c1-6-22-18(24)16-13(4)14(5)26-17(16)20-19(22)25-10-15(23)21-8-11(2)7-12(3)9-21/h11-12H,6-10H2,1-5H3/t11-,12+. The number of fused-ring (bicyclic) bond motifs is 1. The molecule has 1 amide bonds. The fourth-order valence-corrected chi connectivity index (χ4v) is 5.82. The van der Waals surface area contributed by atoms with Gasteiger partial charge in [0.25, 0.3) is 5.56 Å². The number of carbonyl (C=O) groups excluding carboxylic acids is 1. The Labute approximate surface area is 162 Å². The number of amides is 1. The Morgan fingerprint density at radius 2 is 1.92 bits per heavy atom. The van der Waals surface area contributed by atoms with Crippen LogP contribution in [0.25, 0.3) is 10.2 Å². The van der Waals surface area contributed by atoms with Crippen molar-refractivity contribution in [2.45, 2.75) is 52.7 Å². The molecule has 0 aromatic carbocycles. The fourth-order valence-electron chi connectivity index (χ4n) is 3.78. The number of hydrogen-bond acceptors (Lipinski definition) is 5. The zero-order chi connectivity index (χ0) is 19.0. The molecule has 0 saturated carbocycles. The summed E-state index contributed by atoms with van der Waals surface area (Å²) >= 11 is 2.94. The topological polar surface area (TPSA) is 55.2 Å². The van der Waals surface area contributed by atoms with E-state index in [2.05, 4.69) is 13.8 Å². The Morgan fingerprint density at radius 1 is 1.27 bits per heavy atom. The Hall–Kier alpha value is -1.34. The highest BCUT2D eigenvalue weighted by atomic mass is 32.2. The van der Waals surface area contributed by atoms with Crippen molar-refractivity contribution >= 4 is 39.2 Å². The maximum Gasteiger partial charge on any atom is 0.263 e. The van der Waals surface area contributed by atoms with E-state index in [0.29, 0.717) is 29.3 Å². The highest BCUT2D eigenvalue weighted by Gasteiger charge is 2.26. The molecule has 1 saturated heterocycles. The van der Waals surface area contributed by atoms with Gasteiger partial charge in [-0.15, -0.1) is 11.3 Å². The Bertz CT molecular complexity index is 877. The lowest BCUT2D eigenvalue weighted by Gasteiger charge is -2.35. The zero-order valence-corrected chi connectivity index (χ0v) is 17.8. The average Bonchev–Trinajstić information content (AvgIpc) is 2.86. The second kappa shape index (κ2) is 7.72. The van der Waals surface area contributed by atoms with Gasteiger partial charge >= 0.3 is 0 Å². The van der Waals surface area contributed by atoms with E-state index < -0.39 is 0 Å². The predicted molar refractivity (Wildman–Crippen MR) is 109 cm³/mol. The van der Waals surface area contributed by atoms with E-state index in [1.807, 2.05) is 25.7 Å². The van der Waals surface area contributed by atoms with Crippen LogP contribution in [0.4, 0.5) is 0 Å². The lowest BCUT2D eigenvalue weighted by atomic mass is 9.92. The lowest BCUT2D eigenvalue weighted by Crippen LogP contribution is -2.43. The van der Waals surface area contributed by atoms with Gasteiger partial charge in [0.15, 0.2) is 5.16 Å². The van der Waals surface area contributed by atoms with Gasteiger partial charge in [0.05, 0.1) is 11.1 Å². The monoisotopic (exact) mass is 393 g/mol. The molecule has 2 atom stereocenters.